The van der Waals surface area contributed by atoms with Gasteiger partial charge in [0.25, 0.3) is 0 Å². The summed E-state index contributed by atoms with van der Waals surface area (Å²) in [6, 6.07) is 49.8. The Morgan fingerprint density at radius 1 is 0.386 bits per heavy atom. The quantitative estimate of drug-likeness (QED) is 0.213. The lowest BCUT2D eigenvalue weighted by atomic mass is 10.1. The van der Waals surface area contributed by atoms with Gasteiger partial charge >= 0.3 is 0 Å². The van der Waals surface area contributed by atoms with E-state index in [1.807, 2.05) is 60.7 Å². The van der Waals surface area contributed by atoms with Crippen LogP contribution in [-0.4, -0.2) is 19.5 Å². The molecule has 0 spiro atoms. The summed E-state index contributed by atoms with van der Waals surface area (Å²) < 4.78 is 8.51. The predicted octanol–water partition coefficient (Wildman–Crippen LogP) is 9.87. The molecule has 0 saturated heterocycles. The molecule has 0 aliphatic heterocycles. The van der Waals surface area contributed by atoms with E-state index < -0.39 is 0 Å². The molecule has 5 heteroatoms. The van der Waals surface area contributed by atoms with Crippen LogP contribution < -0.4 is 0 Å². The molecule has 3 aromatic heterocycles. The minimum atomic E-state index is 0.600. The third kappa shape index (κ3) is 3.91. The number of nitrogens with zero attached hydrogens (tertiary/aromatic N) is 4. The van der Waals surface area contributed by atoms with Crippen LogP contribution in [0.4, 0.5) is 0 Å². The topological polar surface area (TPSA) is 56.7 Å². The number of rotatable bonds is 4. The molecule has 0 amide bonds. The van der Waals surface area contributed by atoms with Crippen LogP contribution in [0.5, 0.6) is 0 Å². The Morgan fingerprint density at radius 2 is 0.955 bits per heavy atom. The molecule has 0 saturated carbocycles. The average molecular weight is 565 g/mol. The number of benzene rings is 6. The summed E-state index contributed by atoms with van der Waals surface area (Å²) in [5.41, 5.74) is 7.83. The summed E-state index contributed by atoms with van der Waals surface area (Å²) >= 11 is 0. The number of fused-ring (bicyclic) bond motifs is 6. The van der Waals surface area contributed by atoms with Gasteiger partial charge in [-0.25, -0.2) is 15.0 Å². The zero-order chi connectivity index (χ0) is 29.0. The molecule has 0 aliphatic carbocycles. The van der Waals surface area contributed by atoms with Crippen LogP contribution in [-0.2, 0) is 0 Å². The van der Waals surface area contributed by atoms with Crippen molar-refractivity contribution in [1.29, 1.82) is 0 Å². The van der Waals surface area contributed by atoms with Crippen molar-refractivity contribution >= 4 is 43.7 Å². The number of hydrogen-bond donors (Lipinski definition) is 0. The van der Waals surface area contributed by atoms with Crippen LogP contribution in [0.1, 0.15) is 0 Å². The van der Waals surface area contributed by atoms with E-state index in [0.717, 1.165) is 60.7 Å². The van der Waals surface area contributed by atoms with Crippen LogP contribution in [0.15, 0.2) is 150 Å². The minimum Gasteiger partial charge on any atom is -0.456 e. The first kappa shape index (κ1) is 24.5. The van der Waals surface area contributed by atoms with Gasteiger partial charge in [-0.2, -0.15) is 0 Å². The Hall–Kier alpha value is -6.07. The summed E-state index contributed by atoms with van der Waals surface area (Å²) in [4.78, 5) is 15.0. The van der Waals surface area contributed by atoms with Crippen LogP contribution in [0.25, 0.3) is 83.6 Å². The number of para-hydroxylation sites is 3. The second kappa shape index (κ2) is 9.75. The van der Waals surface area contributed by atoms with Crippen molar-refractivity contribution in [2.45, 2.75) is 0 Å². The lowest BCUT2D eigenvalue weighted by Gasteiger charge is -2.10. The molecule has 3 heterocycles. The van der Waals surface area contributed by atoms with Gasteiger partial charge in [0.05, 0.1) is 11.0 Å². The fourth-order valence-corrected chi connectivity index (χ4v) is 6.18. The molecule has 0 N–H and O–H groups in total. The Morgan fingerprint density at radius 3 is 1.75 bits per heavy atom. The van der Waals surface area contributed by atoms with E-state index in [-0.39, 0.29) is 0 Å². The fourth-order valence-electron chi connectivity index (χ4n) is 6.18. The molecule has 206 valence electrons. The van der Waals surface area contributed by atoms with Gasteiger partial charge in [0.15, 0.2) is 17.5 Å². The lowest BCUT2D eigenvalue weighted by Crippen LogP contribution is -2.00. The van der Waals surface area contributed by atoms with Gasteiger partial charge in [-0.05, 0) is 54.6 Å². The molecule has 44 heavy (non-hydrogen) atoms. The first-order chi connectivity index (χ1) is 21.8. The third-order valence-electron chi connectivity index (χ3n) is 8.25. The van der Waals surface area contributed by atoms with Gasteiger partial charge in [0.2, 0.25) is 0 Å². The largest absolute Gasteiger partial charge is 0.456 e. The van der Waals surface area contributed by atoms with Crippen LogP contribution in [0.2, 0.25) is 0 Å². The summed E-state index contributed by atoms with van der Waals surface area (Å²) in [5.74, 6) is 1.85. The normalized spacial score (nSPS) is 11.6. The van der Waals surface area contributed by atoms with E-state index in [1.54, 1.807) is 0 Å². The molecule has 0 bridgehead atoms. The molecule has 0 fully saturated rings. The van der Waals surface area contributed by atoms with Gasteiger partial charge < -0.3 is 8.98 Å². The van der Waals surface area contributed by atoms with E-state index in [9.17, 15) is 0 Å². The lowest BCUT2D eigenvalue weighted by molar-refractivity contribution is 0.669. The predicted molar refractivity (Wildman–Crippen MR) is 178 cm³/mol. The molecule has 6 aromatic carbocycles. The van der Waals surface area contributed by atoms with Crippen molar-refractivity contribution in [1.82, 2.24) is 19.5 Å². The van der Waals surface area contributed by atoms with Gasteiger partial charge in [-0.15, -0.1) is 0 Å². The van der Waals surface area contributed by atoms with Gasteiger partial charge in [-0.3, -0.25) is 0 Å². The van der Waals surface area contributed by atoms with Gasteiger partial charge in [0, 0.05) is 43.9 Å². The molecule has 0 unspecified atom stereocenters. The summed E-state index contributed by atoms with van der Waals surface area (Å²) in [5, 5.41) is 4.50. The molecule has 5 nitrogen and oxygen atoms in total. The van der Waals surface area contributed by atoms with Crippen molar-refractivity contribution in [3.63, 3.8) is 0 Å². The zero-order valence-electron chi connectivity index (χ0n) is 23.6. The Kier molecular flexibility index (Phi) is 5.43. The molecular weight excluding hydrogens is 540 g/mol. The second-order valence-electron chi connectivity index (χ2n) is 10.9. The van der Waals surface area contributed by atoms with Crippen molar-refractivity contribution in [2.75, 3.05) is 0 Å². The highest BCUT2D eigenvalue weighted by molar-refractivity contribution is 6.10. The van der Waals surface area contributed by atoms with Crippen molar-refractivity contribution in [3.8, 4) is 39.9 Å². The van der Waals surface area contributed by atoms with Crippen LogP contribution in [0.3, 0.4) is 0 Å². The highest BCUT2D eigenvalue weighted by Crippen LogP contribution is 2.36. The average Bonchev–Trinajstić information content (AvgIpc) is 3.64. The smallest absolute Gasteiger partial charge is 0.164 e. The molecule has 9 aromatic rings. The molecule has 0 aliphatic rings. The summed E-state index contributed by atoms with van der Waals surface area (Å²) in [7, 11) is 0. The Balaban J connectivity index is 1.25. The maximum atomic E-state index is 6.20. The van der Waals surface area contributed by atoms with E-state index in [1.165, 1.54) is 5.39 Å². The first-order valence-electron chi connectivity index (χ1n) is 14.6. The van der Waals surface area contributed by atoms with Crippen molar-refractivity contribution < 1.29 is 4.42 Å². The van der Waals surface area contributed by atoms with Crippen molar-refractivity contribution in [2.24, 2.45) is 0 Å². The first-order valence-corrected chi connectivity index (χ1v) is 14.6. The van der Waals surface area contributed by atoms with E-state index in [2.05, 4.69) is 89.5 Å². The highest BCUT2D eigenvalue weighted by Gasteiger charge is 2.17. The fraction of sp³-hybridized carbons (Fsp3) is 0. The van der Waals surface area contributed by atoms with E-state index in [4.69, 9.17) is 19.4 Å². The van der Waals surface area contributed by atoms with Gasteiger partial charge in [0.1, 0.15) is 11.2 Å². The minimum absolute atomic E-state index is 0.600. The molecule has 9 rings (SSSR count). The number of aromatic nitrogens is 4. The Bertz CT molecular complexity index is 2490. The second-order valence-corrected chi connectivity index (χ2v) is 10.9. The Labute approximate surface area is 252 Å². The standard InChI is InChI=1S/C39H24N4O/c1-3-11-25(12-4-1)37-40-38(42-39(41-37)27-19-21-31-30-16-8-10-18-35(30)44-36(31)24-27)26-20-22-34-32(23-26)29-15-7-9-17-33(29)43(34)28-13-5-2-6-14-28/h1-24H. The number of hydrogen-bond acceptors (Lipinski definition) is 4. The summed E-state index contributed by atoms with van der Waals surface area (Å²) in [6.45, 7) is 0. The van der Waals surface area contributed by atoms with Crippen LogP contribution in [0, 0.1) is 0 Å². The van der Waals surface area contributed by atoms with Crippen molar-refractivity contribution in [3.05, 3.63) is 146 Å². The van der Waals surface area contributed by atoms with E-state index >= 15 is 0 Å². The van der Waals surface area contributed by atoms with Crippen LogP contribution >= 0.6 is 0 Å². The highest BCUT2D eigenvalue weighted by atomic mass is 16.3. The molecule has 0 radical (unpaired) electrons. The number of furan rings is 1. The maximum Gasteiger partial charge on any atom is 0.164 e. The van der Waals surface area contributed by atoms with Gasteiger partial charge in [-0.1, -0.05) is 91.0 Å². The molecular formula is C39H24N4O. The zero-order valence-corrected chi connectivity index (χ0v) is 23.6. The maximum absolute atomic E-state index is 6.20. The third-order valence-corrected chi connectivity index (χ3v) is 8.25. The molecule has 0 atom stereocenters. The van der Waals surface area contributed by atoms with E-state index in [0.29, 0.717) is 17.5 Å². The SMILES string of the molecule is c1ccc(-c2nc(-c3ccc4c(c3)oc3ccccc34)nc(-c3ccc4c(c3)c3ccccc3n4-c3ccccc3)n2)cc1. The summed E-state index contributed by atoms with van der Waals surface area (Å²) in [6.07, 6.45) is 0. The monoisotopic (exact) mass is 564 g/mol.